The number of nitrogens with zero attached hydrogens (tertiary/aromatic N) is 1. The zero-order valence-corrected chi connectivity index (χ0v) is 35.5. The molecule has 0 saturated heterocycles. The normalized spacial score (nSPS) is 31.1. The maximum Gasteiger partial charge on any atom is 0.131 e. The van der Waals surface area contributed by atoms with Crippen LogP contribution in [0.1, 0.15) is 162 Å². The first kappa shape index (κ1) is 26.7. The van der Waals surface area contributed by atoms with Crippen molar-refractivity contribution in [2.24, 2.45) is 23.7 Å². The molecule has 4 fully saturated rings. The summed E-state index contributed by atoms with van der Waals surface area (Å²) in [5.41, 5.74) is 4.77. The second-order valence-corrected chi connectivity index (χ2v) is 21.5. The summed E-state index contributed by atoms with van der Waals surface area (Å²) in [6.07, 6.45) is 8.20. The highest BCUT2D eigenvalue weighted by atomic mass is 16.5. The smallest absolute Gasteiger partial charge is 0.131 e. The molecule has 12 rings (SSSR count). The minimum atomic E-state index is -1.15. The van der Waals surface area contributed by atoms with Crippen LogP contribution in [0.4, 0.5) is 17.1 Å². The van der Waals surface area contributed by atoms with E-state index < -0.39 is 41.7 Å². The third-order valence-corrected chi connectivity index (χ3v) is 16.2. The Morgan fingerprint density at radius 1 is 0.483 bits per heavy atom. The molecule has 4 bridgehead atoms. The largest absolute Gasteiger partial charge is 0.457 e. The van der Waals surface area contributed by atoms with E-state index in [1.807, 2.05) is 17.0 Å². The van der Waals surface area contributed by atoms with Gasteiger partial charge in [0.15, 0.2) is 0 Å². The van der Waals surface area contributed by atoms with Crippen molar-refractivity contribution in [1.29, 1.82) is 0 Å². The van der Waals surface area contributed by atoms with Crippen molar-refractivity contribution in [3.05, 3.63) is 136 Å². The molecule has 4 saturated carbocycles. The molecule has 0 N–H and O–H groups in total. The van der Waals surface area contributed by atoms with Crippen LogP contribution >= 0.6 is 0 Å². The Kier molecular flexibility index (Phi) is 5.70. The lowest BCUT2D eigenvalue weighted by Gasteiger charge is -2.63. The van der Waals surface area contributed by atoms with Gasteiger partial charge in [-0.1, -0.05) is 104 Å². The number of hydrogen-bond acceptors (Lipinski definition) is 2. The molecule has 1 aliphatic heterocycles. The van der Waals surface area contributed by atoms with Crippen LogP contribution in [0.2, 0.25) is 0 Å². The Labute approximate surface area is 363 Å². The van der Waals surface area contributed by atoms with Crippen molar-refractivity contribution in [3.63, 3.8) is 0 Å². The van der Waals surface area contributed by atoms with Crippen LogP contribution < -0.4 is 9.64 Å². The average Bonchev–Trinajstić information content (AvgIpc) is 3.30. The van der Waals surface area contributed by atoms with Crippen LogP contribution in [0, 0.1) is 23.7 Å². The van der Waals surface area contributed by atoms with Gasteiger partial charge >= 0.3 is 0 Å². The number of rotatable bonds is 4. The fourth-order valence-electron chi connectivity index (χ4n) is 12.9. The molecule has 1 spiro atoms. The van der Waals surface area contributed by atoms with Crippen LogP contribution in [0.5, 0.6) is 11.5 Å². The van der Waals surface area contributed by atoms with Gasteiger partial charge in [-0.2, -0.15) is 0 Å². The fraction of sp³-hybridized carbons (Fsp3) is 0.464. The minimum Gasteiger partial charge on any atom is -0.457 e. The summed E-state index contributed by atoms with van der Waals surface area (Å²) < 4.78 is 112. The maximum absolute atomic E-state index is 10.2. The summed E-state index contributed by atoms with van der Waals surface area (Å²) in [7, 11) is 0. The Morgan fingerprint density at radius 2 is 0.966 bits per heavy atom. The monoisotopic (exact) mass is 777 g/mol. The van der Waals surface area contributed by atoms with Gasteiger partial charge in [0.2, 0.25) is 0 Å². The summed E-state index contributed by atoms with van der Waals surface area (Å²) in [5.74, 6) is 0.432. The summed E-state index contributed by atoms with van der Waals surface area (Å²) in [6, 6.07) is 8.58. The zero-order valence-electron chi connectivity index (χ0n) is 46.5. The van der Waals surface area contributed by atoms with E-state index in [0.29, 0.717) is 28.8 Å². The molecule has 298 valence electrons. The van der Waals surface area contributed by atoms with Gasteiger partial charge in [-0.05, 0) is 191 Å². The average molecular weight is 777 g/mol. The van der Waals surface area contributed by atoms with Crippen molar-refractivity contribution in [2.45, 2.75) is 140 Å². The lowest BCUT2D eigenvalue weighted by Crippen LogP contribution is -2.56. The van der Waals surface area contributed by atoms with Crippen LogP contribution in [0.3, 0.4) is 0 Å². The first-order valence-electron chi connectivity index (χ1n) is 27.4. The highest BCUT2D eigenvalue weighted by Gasteiger charge is 2.61. The Morgan fingerprint density at radius 3 is 1.52 bits per heavy atom. The van der Waals surface area contributed by atoms with Crippen LogP contribution in [0.15, 0.2) is 103 Å². The summed E-state index contributed by atoms with van der Waals surface area (Å²) in [4.78, 5) is 1.87. The van der Waals surface area contributed by atoms with E-state index in [9.17, 15) is 11.0 Å². The summed E-state index contributed by atoms with van der Waals surface area (Å²) in [5, 5.41) is 0. The topological polar surface area (TPSA) is 12.5 Å². The molecular weight excluding hydrogens is 703 g/mol. The maximum atomic E-state index is 10.2. The van der Waals surface area contributed by atoms with Crippen molar-refractivity contribution >= 4 is 17.1 Å². The Balaban J connectivity index is 1.17. The van der Waals surface area contributed by atoms with Gasteiger partial charge < -0.3 is 9.64 Å². The van der Waals surface area contributed by atoms with Gasteiger partial charge in [0.25, 0.3) is 0 Å². The highest BCUT2D eigenvalue weighted by Crippen LogP contribution is 2.69. The van der Waals surface area contributed by atoms with Gasteiger partial charge in [0, 0.05) is 33.6 Å². The minimum absolute atomic E-state index is 0.0438. The number of para-hydroxylation sites is 1. The number of ether oxygens (including phenoxy) is 1. The fourth-order valence-corrected chi connectivity index (χ4v) is 12.9. The van der Waals surface area contributed by atoms with Crippen LogP contribution in [-0.2, 0) is 27.1 Å². The third-order valence-electron chi connectivity index (χ3n) is 16.2. The van der Waals surface area contributed by atoms with Gasteiger partial charge in [-0.25, -0.2) is 0 Å². The molecule has 0 unspecified atom stereocenters. The third kappa shape index (κ3) is 5.34. The number of hydrogen-bond donors (Lipinski definition) is 0. The van der Waals surface area contributed by atoms with Crippen molar-refractivity contribution in [3.8, 4) is 22.6 Å². The van der Waals surface area contributed by atoms with E-state index in [1.165, 1.54) is 22.3 Å². The quantitative estimate of drug-likeness (QED) is 0.180. The molecule has 0 atom stereocenters. The van der Waals surface area contributed by atoms with Gasteiger partial charge in [-0.15, -0.1) is 0 Å². The van der Waals surface area contributed by atoms with Gasteiger partial charge in [0.1, 0.15) is 11.5 Å². The summed E-state index contributed by atoms with van der Waals surface area (Å²) in [6.45, 7) is 18.1. The molecule has 0 aromatic heterocycles. The van der Waals surface area contributed by atoms with E-state index in [4.69, 9.17) is 8.85 Å². The predicted octanol–water partition coefficient (Wildman–Crippen LogP) is 15.4. The van der Waals surface area contributed by atoms with Gasteiger partial charge in [-0.3, -0.25) is 0 Å². The highest BCUT2D eigenvalue weighted by molar-refractivity contribution is 5.80. The van der Waals surface area contributed by atoms with Gasteiger partial charge in [0.05, 0.1) is 15.1 Å². The van der Waals surface area contributed by atoms with Crippen LogP contribution in [-0.4, -0.2) is 0 Å². The standard InChI is InChI=1S/C56H63NO/c1-52(2)23-25-54(5,6)47-33-42(18-20-44(47)52)57(43-19-21-45-48(34-43)55(7,8)26-24-53(45,3)4)41-16-13-37(14-17-41)38-15-22-51-49(32-38)56(46-11-9-10-12-50(46)58-51)39-28-35-27-36(30-39)31-40(56)29-35/h9-22,32-36,39-40H,23-31H2,1-8H3/i9D,10D,11D,12D,13D,14D,15D,16D,17D,22D,32D. The first-order chi connectivity index (χ1) is 32.2. The van der Waals surface area contributed by atoms with E-state index in [0.717, 1.165) is 57.8 Å². The summed E-state index contributed by atoms with van der Waals surface area (Å²) >= 11 is 0. The van der Waals surface area contributed by atoms with Crippen molar-refractivity contribution in [2.75, 3.05) is 4.90 Å². The molecule has 7 aliphatic rings. The van der Waals surface area contributed by atoms with E-state index in [2.05, 4.69) is 79.7 Å². The Hall–Kier alpha value is -4.30. The van der Waals surface area contributed by atoms with Crippen molar-refractivity contribution < 1.29 is 19.8 Å². The molecule has 0 radical (unpaired) electrons. The van der Waals surface area contributed by atoms with E-state index in [-0.39, 0.29) is 97.6 Å². The van der Waals surface area contributed by atoms with Crippen molar-refractivity contribution in [1.82, 2.24) is 0 Å². The first-order valence-corrected chi connectivity index (χ1v) is 21.9. The number of benzene rings is 5. The number of fused-ring (bicyclic) bond motifs is 4. The molecule has 2 heteroatoms. The Bertz CT molecular complexity index is 2960. The zero-order chi connectivity index (χ0) is 49.6. The molecule has 5 aromatic carbocycles. The molecular formula is C56H63NO. The van der Waals surface area contributed by atoms with Crippen LogP contribution in [0.25, 0.3) is 11.1 Å². The molecule has 6 aliphatic carbocycles. The second kappa shape index (κ2) is 12.4. The van der Waals surface area contributed by atoms with E-state index >= 15 is 0 Å². The SMILES string of the molecule is [2H]c1c([2H])c([2H])c2c(c1[2H])Oc1c([2H])c([2H])c(-c3c([2H])c([2H])c(N(c4ccc5c(c4)C(C)(C)CCC5(C)C)c4ccc5c(c4)C(C)(C)CCC5(C)C)c([2H])c3[2H])c([2H])c1C21C2CC3CC(C2)CC1C3. The lowest BCUT2D eigenvalue weighted by molar-refractivity contribution is -0.0452. The molecule has 0 amide bonds. The van der Waals surface area contributed by atoms with E-state index in [1.54, 1.807) is 0 Å². The lowest BCUT2D eigenvalue weighted by atomic mass is 9.41. The predicted molar refractivity (Wildman–Crippen MR) is 241 cm³/mol. The molecule has 2 nitrogen and oxygen atoms in total. The molecule has 58 heavy (non-hydrogen) atoms. The second-order valence-electron chi connectivity index (χ2n) is 21.5. The number of anilines is 3. The molecule has 1 heterocycles. The molecule has 5 aromatic rings.